The summed E-state index contributed by atoms with van der Waals surface area (Å²) in [6.07, 6.45) is 1.23. The topological polar surface area (TPSA) is 44.7 Å². The Balaban J connectivity index is 1.88. The monoisotopic (exact) mass is 188 g/mol. The van der Waals surface area contributed by atoms with Gasteiger partial charge in [-0.25, -0.2) is 0 Å². The Hall–Kier alpha value is -0.160. The van der Waals surface area contributed by atoms with Crippen LogP contribution in [-0.2, 0) is 4.74 Å². The van der Waals surface area contributed by atoms with Crippen LogP contribution in [0.3, 0.4) is 0 Å². The van der Waals surface area contributed by atoms with Crippen molar-refractivity contribution in [3.63, 3.8) is 0 Å². The molecule has 0 amide bonds. The summed E-state index contributed by atoms with van der Waals surface area (Å²) in [6.45, 7) is 4.48. The van der Waals surface area contributed by atoms with Crippen molar-refractivity contribution >= 4 is 0 Å². The second-order valence-electron chi connectivity index (χ2n) is 3.54. The van der Waals surface area contributed by atoms with Crippen LogP contribution in [-0.4, -0.2) is 62.6 Å². The van der Waals surface area contributed by atoms with E-state index < -0.39 is 0 Å². The van der Waals surface area contributed by atoms with Crippen LogP contribution in [0.15, 0.2) is 0 Å². The standard InChI is InChI=1S/C9H20N2O2/c1-11-4-2-9(8-11)10-3-6-13-7-5-12/h9-10,12H,2-8H2,1H3. The van der Waals surface area contributed by atoms with Crippen LogP contribution in [0.2, 0.25) is 0 Å². The number of nitrogens with zero attached hydrogens (tertiary/aromatic N) is 1. The van der Waals surface area contributed by atoms with Crippen molar-refractivity contribution in [3.8, 4) is 0 Å². The highest BCUT2D eigenvalue weighted by Gasteiger charge is 2.17. The van der Waals surface area contributed by atoms with E-state index in [1.807, 2.05) is 0 Å². The predicted octanol–water partition coefficient (Wildman–Crippen LogP) is -0.711. The van der Waals surface area contributed by atoms with Crippen molar-refractivity contribution in [1.82, 2.24) is 10.2 Å². The van der Waals surface area contributed by atoms with E-state index in [-0.39, 0.29) is 6.61 Å². The lowest BCUT2D eigenvalue weighted by molar-refractivity contribution is 0.0927. The number of ether oxygens (including phenoxy) is 1. The van der Waals surface area contributed by atoms with Crippen LogP contribution in [0.1, 0.15) is 6.42 Å². The highest BCUT2D eigenvalue weighted by molar-refractivity contribution is 4.78. The number of hydrogen-bond donors (Lipinski definition) is 2. The lowest BCUT2D eigenvalue weighted by Gasteiger charge is -2.12. The molecule has 1 rings (SSSR count). The minimum Gasteiger partial charge on any atom is -0.394 e. The summed E-state index contributed by atoms with van der Waals surface area (Å²) in [5, 5.41) is 11.9. The SMILES string of the molecule is CN1CCC(NCCOCCO)C1. The maximum atomic E-state index is 8.46. The summed E-state index contributed by atoms with van der Waals surface area (Å²) in [7, 11) is 2.14. The smallest absolute Gasteiger partial charge is 0.0698 e. The molecule has 1 unspecified atom stereocenters. The molecule has 1 heterocycles. The number of nitrogens with one attached hydrogen (secondary N) is 1. The average Bonchev–Trinajstić information content (AvgIpc) is 2.51. The van der Waals surface area contributed by atoms with Crippen molar-refractivity contribution in [2.75, 3.05) is 46.5 Å². The van der Waals surface area contributed by atoms with Crippen LogP contribution in [0.25, 0.3) is 0 Å². The first-order valence-electron chi connectivity index (χ1n) is 4.93. The maximum absolute atomic E-state index is 8.46. The van der Waals surface area contributed by atoms with Crippen molar-refractivity contribution < 1.29 is 9.84 Å². The molecule has 78 valence electrons. The van der Waals surface area contributed by atoms with Gasteiger partial charge in [-0.15, -0.1) is 0 Å². The van der Waals surface area contributed by atoms with Gasteiger partial charge in [-0.3, -0.25) is 0 Å². The van der Waals surface area contributed by atoms with E-state index in [9.17, 15) is 0 Å². The molecule has 1 aliphatic rings. The molecule has 2 N–H and O–H groups in total. The molecule has 1 aliphatic heterocycles. The first kappa shape index (κ1) is 10.9. The first-order chi connectivity index (χ1) is 6.33. The third kappa shape index (κ3) is 4.57. The zero-order valence-electron chi connectivity index (χ0n) is 8.33. The normalized spacial score (nSPS) is 24.0. The Morgan fingerprint density at radius 1 is 1.54 bits per heavy atom. The van der Waals surface area contributed by atoms with E-state index in [0.717, 1.165) is 13.1 Å². The summed E-state index contributed by atoms with van der Waals surface area (Å²) in [5.74, 6) is 0. The van der Waals surface area contributed by atoms with E-state index in [4.69, 9.17) is 9.84 Å². The van der Waals surface area contributed by atoms with Crippen LogP contribution in [0.5, 0.6) is 0 Å². The van der Waals surface area contributed by atoms with Gasteiger partial charge in [0.15, 0.2) is 0 Å². The molecular formula is C9H20N2O2. The lowest BCUT2D eigenvalue weighted by Crippen LogP contribution is -2.34. The molecule has 0 spiro atoms. The minimum atomic E-state index is 0.117. The summed E-state index contributed by atoms with van der Waals surface area (Å²) in [5.41, 5.74) is 0. The molecule has 0 bridgehead atoms. The number of hydrogen-bond acceptors (Lipinski definition) is 4. The molecule has 1 saturated heterocycles. The Morgan fingerprint density at radius 3 is 3.00 bits per heavy atom. The highest BCUT2D eigenvalue weighted by atomic mass is 16.5. The zero-order valence-corrected chi connectivity index (χ0v) is 8.33. The van der Waals surface area contributed by atoms with E-state index >= 15 is 0 Å². The molecule has 0 aromatic carbocycles. The van der Waals surface area contributed by atoms with Gasteiger partial charge in [-0.2, -0.15) is 0 Å². The van der Waals surface area contributed by atoms with E-state index in [1.165, 1.54) is 13.0 Å². The van der Waals surface area contributed by atoms with Crippen LogP contribution >= 0.6 is 0 Å². The summed E-state index contributed by atoms with van der Waals surface area (Å²) < 4.78 is 5.14. The quantitative estimate of drug-likeness (QED) is 0.540. The van der Waals surface area contributed by atoms with Crippen LogP contribution in [0, 0.1) is 0 Å². The van der Waals surface area contributed by atoms with Gasteiger partial charge in [0, 0.05) is 19.1 Å². The van der Waals surface area contributed by atoms with Crippen molar-refractivity contribution in [2.45, 2.75) is 12.5 Å². The van der Waals surface area contributed by atoms with Gasteiger partial charge in [-0.1, -0.05) is 0 Å². The molecular weight excluding hydrogens is 168 g/mol. The van der Waals surface area contributed by atoms with Gasteiger partial charge in [0.2, 0.25) is 0 Å². The average molecular weight is 188 g/mol. The molecule has 4 nitrogen and oxygen atoms in total. The van der Waals surface area contributed by atoms with E-state index in [0.29, 0.717) is 19.3 Å². The molecule has 0 saturated carbocycles. The Morgan fingerprint density at radius 2 is 2.38 bits per heavy atom. The van der Waals surface area contributed by atoms with Crippen molar-refractivity contribution in [1.29, 1.82) is 0 Å². The van der Waals surface area contributed by atoms with E-state index in [2.05, 4.69) is 17.3 Å². The van der Waals surface area contributed by atoms with Gasteiger partial charge in [0.1, 0.15) is 0 Å². The maximum Gasteiger partial charge on any atom is 0.0698 e. The molecule has 13 heavy (non-hydrogen) atoms. The molecule has 0 radical (unpaired) electrons. The first-order valence-corrected chi connectivity index (χ1v) is 4.93. The Bertz CT molecular complexity index is 133. The van der Waals surface area contributed by atoms with E-state index in [1.54, 1.807) is 0 Å². The molecule has 1 atom stereocenters. The summed E-state index contributed by atoms with van der Waals surface area (Å²) in [6, 6.07) is 0.628. The molecule has 0 aliphatic carbocycles. The third-order valence-corrected chi connectivity index (χ3v) is 2.31. The van der Waals surface area contributed by atoms with Gasteiger partial charge in [-0.05, 0) is 20.0 Å². The fourth-order valence-corrected chi connectivity index (χ4v) is 1.60. The minimum absolute atomic E-state index is 0.117. The fraction of sp³-hybridized carbons (Fsp3) is 1.00. The molecule has 0 aromatic heterocycles. The Labute approximate surface area is 79.9 Å². The van der Waals surface area contributed by atoms with Crippen LogP contribution in [0.4, 0.5) is 0 Å². The number of aliphatic hydroxyl groups is 1. The number of likely N-dealkylation sites (tertiary alicyclic amines) is 1. The second-order valence-corrected chi connectivity index (χ2v) is 3.54. The van der Waals surface area contributed by atoms with Crippen LogP contribution < -0.4 is 5.32 Å². The molecule has 0 aromatic rings. The Kier molecular flexibility index (Phi) is 5.31. The van der Waals surface area contributed by atoms with Gasteiger partial charge in [0.05, 0.1) is 19.8 Å². The predicted molar refractivity (Wildman–Crippen MR) is 51.8 cm³/mol. The van der Waals surface area contributed by atoms with Crippen molar-refractivity contribution in [3.05, 3.63) is 0 Å². The largest absolute Gasteiger partial charge is 0.394 e. The number of rotatable bonds is 6. The molecule has 1 fully saturated rings. The highest BCUT2D eigenvalue weighted by Crippen LogP contribution is 2.05. The summed E-state index contributed by atoms with van der Waals surface area (Å²) >= 11 is 0. The van der Waals surface area contributed by atoms with Crippen molar-refractivity contribution in [2.24, 2.45) is 0 Å². The zero-order chi connectivity index (χ0) is 9.52. The van der Waals surface area contributed by atoms with Gasteiger partial charge >= 0.3 is 0 Å². The van der Waals surface area contributed by atoms with Gasteiger partial charge in [0.25, 0.3) is 0 Å². The third-order valence-electron chi connectivity index (χ3n) is 2.31. The number of aliphatic hydroxyl groups excluding tert-OH is 1. The lowest BCUT2D eigenvalue weighted by atomic mass is 10.3. The second kappa shape index (κ2) is 6.32. The molecule has 4 heteroatoms. The number of likely N-dealkylation sites (N-methyl/N-ethyl adjacent to an activating group) is 1. The van der Waals surface area contributed by atoms with Gasteiger partial charge < -0.3 is 20.1 Å². The fourth-order valence-electron chi connectivity index (χ4n) is 1.60. The summed E-state index contributed by atoms with van der Waals surface area (Å²) in [4.78, 5) is 2.33.